The van der Waals surface area contributed by atoms with Crippen LogP contribution in [0.4, 0.5) is 4.39 Å². The molecule has 2 amide bonds. The van der Waals surface area contributed by atoms with Crippen LogP contribution in [-0.4, -0.2) is 28.8 Å². The maximum absolute atomic E-state index is 13.4. The van der Waals surface area contributed by atoms with Crippen LogP contribution in [0.5, 0.6) is 0 Å². The second kappa shape index (κ2) is 10.9. The minimum Gasteiger partial charge on any atom is -0.352 e. The van der Waals surface area contributed by atoms with Gasteiger partial charge in [-0.05, 0) is 60.7 Å². The maximum atomic E-state index is 13.4. The van der Waals surface area contributed by atoms with Crippen molar-refractivity contribution in [2.24, 2.45) is 0 Å². The van der Waals surface area contributed by atoms with Crippen molar-refractivity contribution in [3.63, 3.8) is 0 Å². The van der Waals surface area contributed by atoms with E-state index in [2.05, 4.69) is 23.5 Å². The Hall–Kier alpha value is -3.21. The molecule has 0 saturated carbocycles. The summed E-state index contributed by atoms with van der Waals surface area (Å²) in [5, 5.41) is 5.21. The number of rotatable bonds is 9. The molecule has 4 nitrogen and oxygen atoms in total. The minimum atomic E-state index is -0.581. The van der Waals surface area contributed by atoms with Gasteiger partial charge in [0.05, 0.1) is 0 Å². The Kier molecular flexibility index (Phi) is 7.98. The van der Waals surface area contributed by atoms with Gasteiger partial charge < -0.3 is 10.2 Å². The van der Waals surface area contributed by atoms with Crippen LogP contribution in [-0.2, 0) is 22.6 Å². The van der Waals surface area contributed by atoms with E-state index in [1.165, 1.54) is 12.1 Å². The molecule has 0 heterocycles. The highest BCUT2D eigenvalue weighted by molar-refractivity contribution is 5.89. The third kappa shape index (κ3) is 5.94. The number of benzene rings is 3. The van der Waals surface area contributed by atoms with E-state index < -0.39 is 6.04 Å². The normalized spacial score (nSPS) is 12.0. The number of halogens is 1. The summed E-state index contributed by atoms with van der Waals surface area (Å²) in [7, 11) is 0. The SMILES string of the molecule is CC[C@H](C(=O)NC(C)C)N(Cc1ccc(F)cc1)C(=O)CCc1cccc2ccccc12. The first-order valence-corrected chi connectivity index (χ1v) is 11.2. The fraction of sp³-hybridized carbons (Fsp3) is 0.333. The Morgan fingerprint density at radius 2 is 1.66 bits per heavy atom. The fourth-order valence-corrected chi connectivity index (χ4v) is 3.98. The molecule has 1 atom stereocenters. The third-order valence-corrected chi connectivity index (χ3v) is 5.57. The molecule has 0 bridgehead atoms. The van der Waals surface area contributed by atoms with Gasteiger partial charge in [-0.15, -0.1) is 0 Å². The lowest BCUT2D eigenvalue weighted by molar-refractivity contribution is -0.141. The number of nitrogens with one attached hydrogen (secondary N) is 1. The summed E-state index contributed by atoms with van der Waals surface area (Å²) in [5.41, 5.74) is 1.90. The van der Waals surface area contributed by atoms with Gasteiger partial charge in [-0.3, -0.25) is 9.59 Å². The third-order valence-electron chi connectivity index (χ3n) is 5.57. The number of carbonyl (C=O) groups excluding carboxylic acids is 2. The van der Waals surface area contributed by atoms with Crippen molar-refractivity contribution in [3.05, 3.63) is 83.7 Å². The number of aryl methyl sites for hydroxylation is 1. The van der Waals surface area contributed by atoms with Gasteiger partial charge in [-0.2, -0.15) is 0 Å². The van der Waals surface area contributed by atoms with E-state index >= 15 is 0 Å². The van der Waals surface area contributed by atoms with E-state index in [-0.39, 0.29) is 30.2 Å². The number of fused-ring (bicyclic) bond motifs is 1. The molecule has 0 fully saturated rings. The van der Waals surface area contributed by atoms with Crippen molar-refractivity contribution in [1.82, 2.24) is 10.2 Å². The summed E-state index contributed by atoms with van der Waals surface area (Å²) in [4.78, 5) is 27.9. The molecule has 0 aliphatic rings. The molecule has 3 rings (SSSR count). The molecule has 32 heavy (non-hydrogen) atoms. The van der Waals surface area contributed by atoms with Crippen LogP contribution in [0, 0.1) is 5.82 Å². The Bertz CT molecular complexity index is 1060. The van der Waals surface area contributed by atoms with Crippen LogP contribution in [0.1, 0.15) is 44.7 Å². The van der Waals surface area contributed by atoms with Crippen LogP contribution >= 0.6 is 0 Å². The van der Waals surface area contributed by atoms with E-state index in [0.29, 0.717) is 19.3 Å². The number of hydrogen-bond donors (Lipinski definition) is 1. The maximum Gasteiger partial charge on any atom is 0.243 e. The summed E-state index contributed by atoms with van der Waals surface area (Å²) >= 11 is 0. The Labute approximate surface area is 189 Å². The van der Waals surface area contributed by atoms with Crippen molar-refractivity contribution in [2.75, 3.05) is 0 Å². The zero-order chi connectivity index (χ0) is 23.1. The van der Waals surface area contributed by atoms with Crippen LogP contribution in [0.25, 0.3) is 10.8 Å². The first kappa shape index (κ1) is 23.5. The van der Waals surface area contributed by atoms with E-state index in [0.717, 1.165) is 21.9 Å². The van der Waals surface area contributed by atoms with Crippen LogP contribution in [0.2, 0.25) is 0 Å². The topological polar surface area (TPSA) is 49.4 Å². The van der Waals surface area contributed by atoms with Crippen molar-refractivity contribution < 1.29 is 14.0 Å². The first-order valence-electron chi connectivity index (χ1n) is 11.2. The number of hydrogen-bond acceptors (Lipinski definition) is 2. The number of carbonyl (C=O) groups is 2. The van der Waals surface area contributed by atoms with Gasteiger partial charge in [0.1, 0.15) is 11.9 Å². The monoisotopic (exact) mass is 434 g/mol. The molecule has 3 aromatic rings. The molecule has 0 aliphatic carbocycles. The van der Waals surface area contributed by atoms with Crippen LogP contribution < -0.4 is 5.32 Å². The molecule has 0 unspecified atom stereocenters. The molecule has 0 aliphatic heterocycles. The summed E-state index contributed by atoms with van der Waals surface area (Å²) in [6.07, 6.45) is 1.38. The highest BCUT2D eigenvalue weighted by Gasteiger charge is 2.28. The molecule has 0 radical (unpaired) electrons. The summed E-state index contributed by atoms with van der Waals surface area (Å²) in [5.74, 6) is -0.580. The van der Waals surface area contributed by atoms with Gasteiger partial charge in [0.15, 0.2) is 0 Å². The Morgan fingerprint density at radius 3 is 2.34 bits per heavy atom. The van der Waals surface area contributed by atoms with Gasteiger partial charge in [0.2, 0.25) is 11.8 Å². The second-order valence-electron chi connectivity index (χ2n) is 8.37. The smallest absolute Gasteiger partial charge is 0.243 e. The van der Waals surface area contributed by atoms with Crippen molar-refractivity contribution >= 4 is 22.6 Å². The predicted octanol–water partition coefficient (Wildman–Crippen LogP) is 5.24. The molecule has 0 spiro atoms. The molecule has 1 N–H and O–H groups in total. The van der Waals surface area contributed by atoms with Crippen LogP contribution in [0.3, 0.4) is 0 Å². The second-order valence-corrected chi connectivity index (χ2v) is 8.37. The average Bonchev–Trinajstić information content (AvgIpc) is 2.78. The fourth-order valence-electron chi connectivity index (χ4n) is 3.98. The molecule has 3 aromatic carbocycles. The Morgan fingerprint density at radius 1 is 0.969 bits per heavy atom. The van der Waals surface area contributed by atoms with Gasteiger partial charge in [-0.1, -0.05) is 61.5 Å². The Balaban J connectivity index is 1.82. The highest BCUT2D eigenvalue weighted by atomic mass is 19.1. The number of nitrogens with zero attached hydrogens (tertiary/aromatic N) is 1. The number of amides is 2. The van der Waals surface area contributed by atoms with Gasteiger partial charge in [0, 0.05) is 19.0 Å². The lowest BCUT2D eigenvalue weighted by Gasteiger charge is -2.31. The summed E-state index contributed by atoms with van der Waals surface area (Å²) in [6.45, 7) is 5.97. The molecular formula is C27H31FN2O2. The first-order chi connectivity index (χ1) is 15.4. The van der Waals surface area contributed by atoms with E-state index in [1.54, 1.807) is 17.0 Å². The van der Waals surface area contributed by atoms with E-state index in [9.17, 15) is 14.0 Å². The molecular weight excluding hydrogens is 403 g/mol. The quantitative estimate of drug-likeness (QED) is 0.500. The molecule has 168 valence electrons. The highest BCUT2D eigenvalue weighted by Crippen LogP contribution is 2.21. The largest absolute Gasteiger partial charge is 0.352 e. The van der Waals surface area contributed by atoms with E-state index in [4.69, 9.17) is 0 Å². The zero-order valence-electron chi connectivity index (χ0n) is 19.0. The van der Waals surface area contributed by atoms with Crippen molar-refractivity contribution in [1.29, 1.82) is 0 Å². The summed E-state index contributed by atoms with van der Waals surface area (Å²) < 4.78 is 13.4. The summed E-state index contributed by atoms with van der Waals surface area (Å²) in [6, 6.07) is 19.7. The molecule has 0 saturated heterocycles. The molecule has 0 aromatic heterocycles. The van der Waals surface area contributed by atoms with Crippen molar-refractivity contribution in [3.8, 4) is 0 Å². The predicted molar refractivity (Wildman–Crippen MR) is 127 cm³/mol. The lowest BCUT2D eigenvalue weighted by Crippen LogP contribution is -2.50. The standard InChI is InChI=1S/C27H31FN2O2/c1-4-25(27(32)29-19(2)3)30(18-20-12-15-23(28)16-13-20)26(31)17-14-22-10-7-9-21-8-5-6-11-24(21)22/h5-13,15-16,19,25H,4,14,17-18H2,1-3H3,(H,29,32)/t25-/m1/s1. The lowest BCUT2D eigenvalue weighted by atomic mass is 10.00. The average molecular weight is 435 g/mol. The van der Waals surface area contributed by atoms with Gasteiger partial charge in [-0.25, -0.2) is 4.39 Å². The van der Waals surface area contributed by atoms with Crippen LogP contribution in [0.15, 0.2) is 66.7 Å². The van der Waals surface area contributed by atoms with Crippen molar-refractivity contribution in [2.45, 2.75) is 58.7 Å². The minimum absolute atomic E-state index is 0.0185. The van der Waals surface area contributed by atoms with E-state index in [1.807, 2.05) is 45.0 Å². The van der Waals surface area contributed by atoms with Gasteiger partial charge >= 0.3 is 0 Å². The zero-order valence-corrected chi connectivity index (χ0v) is 19.0. The molecule has 5 heteroatoms. The van der Waals surface area contributed by atoms with Gasteiger partial charge in [0.25, 0.3) is 0 Å².